The summed E-state index contributed by atoms with van der Waals surface area (Å²) in [6.07, 6.45) is 6.80. The van der Waals surface area contributed by atoms with E-state index in [0.29, 0.717) is 6.42 Å². The summed E-state index contributed by atoms with van der Waals surface area (Å²) < 4.78 is 6.59. The summed E-state index contributed by atoms with van der Waals surface area (Å²) in [6.45, 7) is 0. The van der Waals surface area contributed by atoms with Crippen molar-refractivity contribution in [1.82, 2.24) is 9.55 Å². The fourth-order valence-corrected chi connectivity index (χ4v) is 3.47. The Morgan fingerprint density at radius 3 is 3.10 bits per heavy atom. The van der Waals surface area contributed by atoms with Crippen molar-refractivity contribution >= 4 is 28.6 Å². The highest BCUT2D eigenvalue weighted by atomic mass is 32.2. The van der Waals surface area contributed by atoms with Gasteiger partial charge in [0.15, 0.2) is 5.72 Å². The summed E-state index contributed by atoms with van der Waals surface area (Å²) >= 11 is 1.58. The number of fused-ring (bicyclic) bond motifs is 3. The van der Waals surface area contributed by atoms with E-state index in [-0.39, 0.29) is 6.42 Å². The number of aromatic nitrogens is 2. The Bertz CT molecular complexity index is 682. The van der Waals surface area contributed by atoms with Crippen LogP contribution < -0.4 is 0 Å². The van der Waals surface area contributed by atoms with Gasteiger partial charge in [0.25, 0.3) is 0 Å². The van der Waals surface area contributed by atoms with Crippen molar-refractivity contribution in [3.8, 4) is 0 Å². The van der Waals surface area contributed by atoms with E-state index < -0.39 is 11.7 Å². The van der Waals surface area contributed by atoms with E-state index in [4.69, 9.17) is 4.74 Å². The predicted octanol–water partition coefficient (Wildman–Crippen LogP) is 1.91. The van der Waals surface area contributed by atoms with Crippen LogP contribution in [0.2, 0.25) is 0 Å². The Labute approximate surface area is 120 Å². The fraction of sp³-hybridized carbons (Fsp3) is 0.429. The highest BCUT2D eigenvalue weighted by Crippen LogP contribution is 2.40. The maximum atomic E-state index is 11.6. The van der Waals surface area contributed by atoms with Gasteiger partial charge in [-0.2, -0.15) is 0 Å². The second-order valence-electron chi connectivity index (χ2n) is 4.99. The maximum absolute atomic E-state index is 11.6. The number of aryl methyl sites for hydroxylation is 1. The van der Waals surface area contributed by atoms with E-state index in [0.717, 1.165) is 27.9 Å². The number of aliphatic hydroxyl groups is 1. The first-order valence-electron chi connectivity index (χ1n) is 6.41. The van der Waals surface area contributed by atoms with Crippen molar-refractivity contribution < 1.29 is 14.6 Å². The third-order valence-corrected chi connectivity index (χ3v) is 4.56. The number of hydrogen-bond donors (Lipinski definition) is 1. The van der Waals surface area contributed by atoms with Crippen LogP contribution in [0.15, 0.2) is 23.4 Å². The molecule has 0 saturated carbocycles. The highest BCUT2D eigenvalue weighted by molar-refractivity contribution is 7.98. The first-order valence-corrected chi connectivity index (χ1v) is 7.63. The fourth-order valence-electron chi connectivity index (χ4n) is 2.90. The number of rotatable bonds is 3. The zero-order chi connectivity index (χ0) is 14.3. The molecule has 1 aliphatic heterocycles. The van der Waals surface area contributed by atoms with Gasteiger partial charge in [-0.25, -0.2) is 0 Å². The average molecular weight is 292 g/mol. The monoisotopic (exact) mass is 292 g/mol. The summed E-state index contributed by atoms with van der Waals surface area (Å²) in [7, 11) is 1.34. The van der Waals surface area contributed by atoms with Crippen LogP contribution in [-0.4, -0.2) is 34.0 Å². The van der Waals surface area contributed by atoms with Gasteiger partial charge in [-0.05, 0) is 18.7 Å². The molecular formula is C14H16N2O3S. The lowest BCUT2D eigenvalue weighted by Crippen LogP contribution is -2.33. The number of nitrogens with zero attached hydrogens (tertiary/aromatic N) is 2. The molecule has 0 aromatic carbocycles. The van der Waals surface area contributed by atoms with Crippen molar-refractivity contribution in [3.63, 3.8) is 0 Å². The number of carbonyl (C=O) groups is 1. The second kappa shape index (κ2) is 4.79. The number of hydrogen-bond acceptors (Lipinski definition) is 5. The third kappa shape index (κ3) is 1.91. The Morgan fingerprint density at radius 1 is 1.60 bits per heavy atom. The minimum atomic E-state index is -1.20. The van der Waals surface area contributed by atoms with Crippen LogP contribution in [0.3, 0.4) is 0 Å². The zero-order valence-electron chi connectivity index (χ0n) is 11.4. The largest absolute Gasteiger partial charge is 0.469 e. The Balaban J connectivity index is 2.18. The lowest BCUT2D eigenvalue weighted by Gasteiger charge is -2.26. The summed E-state index contributed by atoms with van der Waals surface area (Å²) in [5, 5.41) is 11.9. The lowest BCUT2D eigenvalue weighted by atomic mass is 10.1. The van der Waals surface area contributed by atoms with E-state index in [9.17, 15) is 9.90 Å². The lowest BCUT2D eigenvalue weighted by molar-refractivity contribution is -0.150. The van der Waals surface area contributed by atoms with Gasteiger partial charge in [-0.15, -0.1) is 11.8 Å². The average Bonchev–Trinajstić information content (AvgIpc) is 2.96. The van der Waals surface area contributed by atoms with Crippen LogP contribution in [0.5, 0.6) is 0 Å². The number of pyridine rings is 1. The topological polar surface area (TPSA) is 64.3 Å². The molecule has 3 heterocycles. The number of carbonyl (C=O) groups excluding carboxylic acids is 1. The van der Waals surface area contributed by atoms with Crippen molar-refractivity contribution in [3.05, 3.63) is 24.2 Å². The normalized spacial score (nSPS) is 21.1. The molecule has 2 aromatic rings. The molecule has 1 unspecified atom stereocenters. The van der Waals surface area contributed by atoms with E-state index in [1.54, 1.807) is 24.2 Å². The molecule has 0 spiro atoms. The van der Waals surface area contributed by atoms with Crippen LogP contribution in [0.4, 0.5) is 0 Å². The molecule has 3 rings (SSSR count). The van der Waals surface area contributed by atoms with Gasteiger partial charge in [0, 0.05) is 34.8 Å². The first-order chi connectivity index (χ1) is 9.59. The van der Waals surface area contributed by atoms with Crippen molar-refractivity contribution in [2.24, 2.45) is 0 Å². The van der Waals surface area contributed by atoms with E-state index in [1.807, 2.05) is 16.9 Å². The number of esters is 1. The number of thioether (sulfide) groups is 1. The van der Waals surface area contributed by atoms with E-state index in [2.05, 4.69) is 4.98 Å². The van der Waals surface area contributed by atoms with Gasteiger partial charge in [0.05, 0.1) is 19.0 Å². The minimum absolute atomic E-state index is 0.0313. The maximum Gasteiger partial charge on any atom is 0.310 e. The van der Waals surface area contributed by atoms with Crippen LogP contribution >= 0.6 is 11.8 Å². The van der Waals surface area contributed by atoms with Crippen LogP contribution in [0.1, 0.15) is 18.5 Å². The molecule has 0 saturated heterocycles. The molecular weight excluding hydrogens is 276 g/mol. The molecule has 0 bridgehead atoms. The number of ether oxygens (including phenoxy) is 1. The molecule has 0 aliphatic carbocycles. The Hall–Kier alpha value is -1.53. The van der Waals surface area contributed by atoms with Crippen LogP contribution in [-0.2, 0) is 21.7 Å². The molecule has 1 atom stereocenters. The second-order valence-corrected chi connectivity index (χ2v) is 5.83. The van der Waals surface area contributed by atoms with Crippen LogP contribution in [0.25, 0.3) is 10.9 Å². The summed E-state index contributed by atoms with van der Waals surface area (Å²) in [5.41, 5.74) is 0.789. The van der Waals surface area contributed by atoms with Gasteiger partial charge in [-0.1, -0.05) is 0 Å². The predicted molar refractivity (Wildman–Crippen MR) is 76.7 cm³/mol. The Morgan fingerprint density at radius 2 is 2.40 bits per heavy atom. The molecule has 0 radical (unpaired) electrons. The standard InChI is InChI=1S/C14H16N2O3S/c1-19-12(17)6-14(18)4-3-10-5-9-7-15-8-11(20-2)13(9)16(10)14/h5,7-8,18H,3-4,6H2,1-2H3. The van der Waals surface area contributed by atoms with Crippen LogP contribution in [0, 0.1) is 0 Å². The molecule has 106 valence electrons. The molecule has 5 nitrogen and oxygen atoms in total. The summed E-state index contributed by atoms with van der Waals surface area (Å²) in [4.78, 5) is 16.8. The quantitative estimate of drug-likeness (QED) is 0.691. The van der Waals surface area contributed by atoms with Crippen molar-refractivity contribution in [2.45, 2.75) is 29.9 Å². The summed E-state index contributed by atoms with van der Waals surface area (Å²) in [6, 6.07) is 2.04. The molecule has 20 heavy (non-hydrogen) atoms. The van der Waals surface area contributed by atoms with Crippen molar-refractivity contribution in [2.75, 3.05) is 13.4 Å². The third-order valence-electron chi connectivity index (χ3n) is 3.82. The number of methoxy groups -OCH3 is 1. The summed E-state index contributed by atoms with van der Waals surface area (Å²) in [5.74, 6) is -0.401. The molecule has 0 amide bonds. The van der Waals surface area contributed by atoms with Crippen molar-refractivity contribution in [1.29, 1.82) is 0 Å². The van der Waals surface area contributed by atoms with Gasteiger partial charge >= 0.3 is 5.97 Å². The smallest absolute Gasteiger partial charge is 0.310 e. The van der Waals surface area contributed by atoms with Gasteiger partial charge in [0.1, 0.15) is 0 Å². The Kier molecular flexibility index (Phi) is 3.22. The first kappa shape index (κ1) is 13.5. The molecule has 1 N–H and O–H groups in total. The van der Waals surface area contributed by atoms with Gasteiger partial charge < -0.3 is 14.4 Å². The highest BCUT2D eigenvalue weighted by Gasteiger charge is 2.40. The molecule has 0 fully saturated rings. The van der Waals surface area contributed by atoms with Gasteiger partial charge in [0.2, 0.25) is 0 Å². The zero-order valence-corrected chi connectivity index (χ0v) is 12.2. The molecule has 6 heteroatoms. The van der Waals surface area contributed by atoms with E-state index >= 15 is 0 Å². The van der Waals surface area contributed by atoms with Gasteiger partial charge in [-0.3, -0.25) is 9.78 Å². The van der Waals surface area contributed by atoms with E-state index in [1.165, 1.54) is 7.11 Å². The SMILES string of the molecule is COC(=O)CC1(O)CCc2cc3cncc(SC)c3n21. The molecule has 2 aromatic heterocycles. The minimum Gasteiger partial charge on any atom is -0.469 e. The molecule has 1 aliphatic rings.